The Hall–Kier alpha value is -3.47. The SMILES string of the molecule is Cc1cn2c(NC(C)C)c(-c3ccccc3)c(-c3ccc(C=O)cc3)nc2n1. The number of nitrogens with zero attached hydrogens (tertiary/aromatic N) is 3. The summed E-state index contributed by atoms with van der Waals surface area (Å²) < 4.78 is 2.01. The number of aryl methyl sites for hydroxylation is 1. The van der Waals surface area contributed by atoms with Crippen molar-refractivity contribution in [2.24, 2.45) is 0 Å². The van der Waals surface area contributed by atoms with Crippen LogP contribution in [0.15, 0.2) is 60.8 Å². The normalized spacial score (nSPS) is 11.1. The maximum atomic E-state index is 11.1. The molecule has 0 saturated carbocycles. The molecule has 140 valence electrons. The highest BCUT2D eigenvalue weighted by Gasteiger charge is 2.20. The summed E-state index contributed by atoms with van der Waals surface area (Å²) in [5, 5.41) is 3.59. The minimum absolute atomic E-state index is 0.237. The zero-order valence-electron chi connectivity index (χ0n) is 16.2. The molecule has 2 aromatic carbocycles. The third-order valence-electron chi connectivity index (χ3n) is 4.54. The smallest absolute Gasteiger partial charge is 0.236 e. The lowest BCUT2D eigenvalue weighted by atomic mass is 9.98. The maximum Gasteiger partial charge on any atom is 0.236 e. The van der Waals surface area contributed by atoms with E-state index in [1.54, 1.807) is 0 Å². The molecule has 0 saturated heterocycles. The van der Waals surface area contributed by atoms with E-state index in [0.717, 1.165) is 40.2 Å². The minimum atomic E-state index is 0.237. The van der Waals surface area contributed by atoms with Gasteiger partial charge >= 0.3 is 0 Å². The quantitative estimate of drug-likeness (QED) is 0.502. The Balaban J connectivity index is 2.07. The molecule has 0 aliphatic heterocycles. The molecule has 2 heterocycles. The number of carbonyl (C=O) groups excluding carboxylic acids is 1. The molecule has 4 rings (SSSR count). The van der Waals surface area contributed by atoms with E-state index in [-0.39, 0.29) is 6.04 Å². The lowest BCUT2D eigenvalue weighted by Gasteiger charge is -2.20. The Morgan fingerprint density at radius 2 is 1.68 bits per heavy atom. The van der Waals surface area contributed by atoms with Crippen LogP contribution in [0.3, 0.4) is 0 Å². The van der Waals surface area contributed by atoms with Gasteiger partial charge in [-0.05, 0) is 26.3 Å². The van der Waals surface area contributed by atoms with E-state index in [9.17, 15) is 4.79 Å². The molecule has 0 aliphatic carbocycles. The predicted molar refractivity (Wildman–Crippen MR) is 113 cm³/mol. The van der Waals surface area contributed by atoms with Gasteiger partial charge in [-0.3, -0.25) is 9.20 Å². The molecule has 0 radical (unpaired) electrons. The van der Waals surface area contributed by atoms with Crippen molar-refractivity contribution in [3.63, 3.8) is 0 Å². The molecular formula is C23H22N4O. The summed E-state index contributed by atoms with van der Waals surface area (Å²) in [5.74, 6) is 1.61. The fourth-order valence-electron chi connectivity index (χ4n) is 3.34. The number of hydrogen-bond acceptors (Lipinski definition) is 4. The summed E-state index contributed by atoms with van der Waals surface area (Å²) in [6, 6.07) is 18.0. The second kappa shape index (κ2) is 7.27. The minimum Gasteiger partial charge on any atom is -0.368 e. The van der Waals surface area contributed by atoms with Gasteiger partial charge in [0.15, 0.2) is 0 Å². The molecule has 0 spiro atoms. The van der Waals surface area contributed by atoms with E-state index in [2.05, 4.69) is 36.3 Å². The van der Waals surface area contributed by atoms with Gasteiger partial charge in [-0.25, -0.2) is 9.97 Å². The average Bonchev–Trinajstić information content (AvgIpc) is 3.08. The molecule has 4 aromatic rings. The van der Waals surface area contributed by atoms with Crippen LogP contribution in [-0.2, 0) is 0 Å². The highest BCUT2D eigenvalue weighted by atomic mass is 16.1. The van der Waals surface area contributed by atoms with Crippen LogP contribution in [0.25, 0.3) is 28.2 Å². The van der Waals surface area contributed by atoms with Crippen LogP contribution < -0.4 is 5.32 Å². The summed E-state index contributed by atoms with van der Waals surface area (Å²) >= 11 is 0. The predicted octanol–water partition coefficient (Wildman–Crippen LogP) is 5.00. The number of benzene rings is 2. The zero-order valence-corrected chi connectivity index (χ0v) is 16.2. The van der Waals surface area contributed by atoms with Crippen LogP contribution in [0.5, 0.6) is 0 Å². The second-order valence-corrected chi connectivity index (χ2v) is 7.14. The molecule has 0 aliphatic rings. The van der Waals surface area contributed by atoms with Gasteiger partial charge in [-0.2, -0.15) is 0 Å². The Labute approximate surface area is 164 Å². The van der Waals surface area contributed by atoms with E-state index >= 15 is 0 Å². The molecule has 5 nitrogen and oxygen atoms in total. The fourth-order valence-corrected chi connectivity index (χ4v) is 3.34. The summed E-state index contributed by atoms with van der Waals surface area (Å²) in [6.45, 7) is 6.20. The first-order valence-corrected chi connectivity index (χ1v) is 9.34. The number of anilines is 1. The third-order valence-corrected chi connectivity index (χ3v) is 4.54. The van der Waals surface area contributed by atoms with Gasteiger partial charge in [0, 0.05) is 28.9 Å². The van der Waals surface area contributed by atoms with Gasteiger partial charge in [0.25, 0.3) is 0 Å². The summed E-state index contributed by atoms with van der Waals surface area (Å²) in [6.07, 6.45) is 2.85. The Morgan fingerprint density at radius 1 is 0.964 bits per heavy atom. The molecule has 0 amide bonds. The largest absolute Gasteiger partial charge is 0.368 e. The van der Waals surface area contributed by atoms with Crippen LogP contribution in [0, 0.1) is 6.92 Å². The molecule has 0 bridgehead atoms. The molecule has 0 atom stereocenters. The Kier molecular flexibility index (Phi) is 4.65. The highest BCUT2D eigenvalue weighted by Crippen LogP contribution is 2.37. The molecule has 0 unspecified atom stereocenters. The summed E-state index contributed by atoms with van der Waals surface area (Å²) in [5.41, 5.74) is 5.42. The fraction of sp³-hybridized carbons (Fsp3) is 0.174. The highest BCUT2D eigenvalue weighted by molar-refractivity contribution is 5.90. The van der Waals surface area contributed by atoms with Gasteiger partial charge in [0.2, 0.25) is 5.78 Å². The van der Waals surface area contributed by atoms with Crippen molar-refractivity contribution >= 4 is 17.9 Å². The summed E-state index contributed by atoms with van der Waals surface area (Å²) in [7, 11) is 0. The number of carbonyl (C=O) groups is 1. The Morgan fingerprint density at radius 3 is 2.32 bits per heavy atom. The number of hydrogen-bond donors (Lipinski definition) is 1. The van der Waals surface area contributed by atoms with Crippen LogP contribution in [0.4, 0.5) is 5.82 Å². The summed E-state index contributed by atoms with van der Waals surface area (Å²) in [4.78, 5) is 20.5. The first kappa shape index (κ1) is 17.9. The van der Waals surface area contributed by atoms with Crippen molar-refractivity contribution in [1.29, 1.82) is 0 Å². The van der Waals surface area contributed by atoms with Gasteiger partial charge < -0.3 is 5.32 Å². The van der Waals surface area contributed by atoms with Crippen LogP contribution in [-0.4, -0.2) is 26.7 Å². The molecule has 5 heteroatoms. The Bertz CT molecular complexity index is 1130. The van der Waals surface area contributed by atoms with E-state index in [1.807, 2.05) is 60.0 Å². The van der Waals surface area contributed by atoms with Gasteiger partial charge in [0.05, 0.1) is 11.4 Å². The monoisotopic (exact) mass is 370 g/mol. The average molecular weight is 370 g/mol. The van der Waals surface area contributed by atoms with Crippen LogP contribution in [0.1, 0.15) is 29.9 Å². The van der Waals surface area contributed by atoms with Crippen molar-refractivity contribution in [2.75, 3.05) is 5.32 Å². The van der Waals surface area contributed by atoms with Crippen molar-refractivity contribution < 1.29 is 4.79 Å². The first-order chi connectivity index (χ1) is 13.6. The number of nitrogens with one attached hydrogen (secondary N) is 1. The molecule has 1 N–H and O–H groups in total. The number of aldehydes is 1. The van der Waals surface area contributed by atoms with Crippen molar-refractivity contribution in [2.45, 2.75) is 26.8 Å². The van der Waals surface area contributed by atoms with Crippen LogP contribution in [0.2, 0.25) is 0 Å². The zero-order chi connectivity index (χ0) is 19.7. The molecule has 2 aromatic heterocycles. The number of fused-ring (bicyclic) bond motifs is 1. The van der Waals surface area contributed by atoms with E-state index in [4.69, 9.17) is 4.98 Å². The van der Waals surface area contributed by atoms with Crippen molar-refractivity contribution in [1.82, 2.24) is 14.4 Å². The number of aromatic nitrogens is 3. The van der Waals surface area contributed by atoms with E-state index in [0.29, 0.717) is 11.3 Å². The third kappa shape index (κ3) is 3.27. The molecule has 28 heavy (non-hydrogen) atoms. The standard InChI is InChI=1S/C23H22N4O/c1-15(2)24-22-20(18-7-5-4-6-8-18)21(19-11-9-17(14-28)10-12-19)26-23-25-16(3)13-27(22)23/h4-15,24H,1-3H3. The number of imidazole rings is 1. The first-order valence-electron chi connectivity index (χ1n) is 9.34. The van der Waals surface area contributed by atoms with Gasteiger partial charge in [-0.1, -0.05) is 54.6 Å². The lowest BCUT2D eigenvalue weighted by Crippen LogP contribution is -2.15. The van der Waals surface area contributed by atoms with Crippen LogP contribution >= 0.6 is 0 Å². The molecular weight excluding hydrogens is 348 g/mol. The lowest BCUT2D eigenvalue weighted by molar-refractivity contribution is 0.112. The maximum absolute atomic E-state index is 11.1. The van der Waals surface area contributed by atoms with E-state index < -0.39 is 0 Å². The van der Waals surface area contributed by atoms with Crippen molar-refractivity contribution in [3.05, 3.63) is 72.1 Å². The topological polar surface area (TPSA) is 59.3 Å². The molecule has 0 fully saturated rings. The van der Waals surface area contributed by atoms with Crippen molar-refractivity contribution in [3.8, 4) is 22.4 Å². The number of rotatable bonds is 5. The van der Waals surface area contributed by atoms with Gasteiger partial charge in [0.1, 0.15) is 12.1 Å². The second-order valence-electron chi connectivity index (χ2n) is 7.14. The van der Waals surface area contributed by atoms with E-state index in [1.165, 1.54) is 0 Å². The van der Waals surface area contributed by atoms with Gasteiger partial charge in [-0.15, -0.1) is 0 Å².